The smallest absolute Gasteiger partial charge is 0.0128 e. The molecular formula is C27H48. The number of benzene rings is 1. The fourth-order valence-corrected chi connectivity index (χ4v) is 4.76. The molecule has 3 rings (SSSR count). The molecule has 0 bridgehead atoms. The molecule has 2 fully saturated rings. The highest BCUT2D eigenvalue weighted by Gasteiger charge is 2.34. The van der Waals surface area contributed by atoms with Crippen molar-refractivity contribution in [2.75, 3.05) is 0 Å². The van der Waals surface area contributed by atoms with Gasteiger partial charge in [-0.15, -0.1) is 0 Å². The molecule has 0 N–H and O–H groups in total. The second-order valence-electron chi connectivity index (χ2n) is 9.56. The fraction of sp³-hybridized carbons (Fsp3) is 0.778. The third-order valence-electron chi connectivity index (χ3n) is 6.56. The van der Waals surface area contributed by atoms with Crippen molar-refractivity contribution in [2.24, 2.45) is 17.8 Å². The predicted octanol–water partition coefficient (Wildman–Crippen LogP) is 9.35. The Hall–Kier alpha value is -0.780. The zero-order valence-corrected chi connectivity index (χ0v) is 19.6. The highest BCUT2D eigenvalue weighted by molar-refractivity contribution is 5.34. The second kappa shape index (κ2) is 13.4. The first-order chi connectivity index (χ1) is 12.9. The van der Waals surface area contributed by atoms with Gasteiger partial charge in [0.25, 0.3) is 0 Å². The fourth-order valence-electron chi connectivity index (χ4n) is 4.76. The maximum Gasteiger partial charge on any atom is -0.0128 e. The molecule has 156 valence electrons. The van der Waals surface area contributed by atoms with Crippen LogP contribution in [0.3, 0.4) is 0 Å². The second-order valence-corrected chi connectivity index (χ2v) is 9.56. The van der Waals surface area contributed by atoms with Crippen LogP contribution in [0.2, 0.25) is 0 Å². The maximum atomic E-state index is 2.46. The van der Waals surface area contributed by atoms with E-state index < -0.39 is 0 Å². The molecule has 27 heavy (non-hydrogen) atoms. The van der Waals surface area contributed by atoms with Crippen LogP contribution in [0.5, 0.6) is 0 Å². The third kappa shape index (κ3) is 8.00. The zero-order valence-electron chi connectivity index (χ0n) is 19.6. The van der Waals surface area contributed by atoms with E-state index >= 15 is 0 Å². The molecule has 0 nitrogen and oxygen atoms in total. The van der Waals surface area contributed by atoms with Gasteiger partial charge in [-0.3, -0.25) is 0 Å². The van der Waals surface area contributed by atoms with Crippen molar-refractivity contribution in [3.8, 4) is 0 Å². The quantitative estimate of drug-likeness (QED) is 0.493. The van der Waals surface area contributed by atoms with Crippen LogP contribution in [0, 0.1) is 17.8 Å². The standard InChI is InChI=1S/C19H30.C5H10.C3H8/c1-13(2)15(5)17-11-8-12-19(17)18-10-7-6-9-16(18)14(3)4;1-2-4-5-3-1;1-3-2/h6-7,9-10,13-15,17,19H,8,11-12H2,1-5H3;1-5H2;3H2,1-2H3. The Kier molecular flexibility index (Phi) is 12.0. The first-order valence-corrected chi connectivity index (χ1v) is 12.0. The van der Waals surface area contributed by atoms with E-state index in [2.05, 4.69) is 72.7 Å². The SMILES string of the molecule is C1CCCC1.CC(C)c1ccccc1C1CCCC1C(C)C(C)C.CCC. The normalized spacial score (nSPS) is 22.9. The molecule has 2 aliphatic carbocycles. The van der Waals surface area contributed by atoms with Gasteiger partial charge in [0.1, 0.15) is 0 Å². The first-order valence-electron chi connectivity index (χ1n) is 12.0. The van der Waals surface area contributed by atoms with Gasteiger partial charge in [-0.25, -0.2) is 0 Å². The minimum Gasteiger partial charge on any atom is -0.0656 e. The molecule has 3 unspecified atom stereocenters. The van der Waals surface area contributed by atoms with Crippen LogP contribution in [0.1, 0.15) is 129 Å². The molecule has 2 saturated carbocycles. The Labute approximate surface area is 171 Å². The van der Waals surface area contributed by atoms with Crippen molar-refractivity contribution in [3.63, 3.8) is 0 Å². The van der Waals surface area contributed by atoms with E-state index in [4.69, 9.17) is 0 Å². The van der Waals surface area contributed by atoms with Crippen LogP contribution >= 0.6 is 0 Å². The molecule has 0 aromatic heterocycles. The van der Waals surface area contributed by atoms with Crippen molar-refractivity contribution < 1.29 is 0 Å². The Balaban J connectivity index is 0.000000379. The summed E-state index contributed by atoms with van der Waals surface area (Å²) in [4.78, 5) is 0. The summed E-state index contributed by atoms with van der Waals surface area (Å²) in [6.45, 7) is 16.1. The van der Waals surface area contributed by atoms with E-state index in [0.717, 1.165) is 23.7 Å². The Morgan fingerprint density at radius 1 is 0.778 bits per heavy atom. The average Bonchev–Trinajstić information content (AvgIpc) is 3.36. The topological polar surface area (TPSA) is 0 Å². The lowest BCUT2D eigenvalue weighted by Gasteiger charge is -2.30. The minimum absolute atomic E-state index is 0.645. The highest BCUT2D eigenvalue weighted by Crippen LogP contribution is 2.47. The van der Waals surface area contributed by atoms with Crippen LogP contribution in [-0.2, 0) is 0 Å². The number of rotatable bonds is 4. The van der Waals surface area contributed by atoms with Gasteiger partial charge in [-0.2, -0.15) is 0 Å². The van der Waals surface area contributed by atoms with Gasteiger partial charge in [0.05, 0.1) is 0 Å². The number of hydrogen-bond donors (Lipinski definition) is 0. The maximum absolute atomic E-state index is 2.46. The Bertz CT molecular complexity index is 473. The predicted molar refractivity (Wildman–Crippen MR) is 124 cm³/mol. The summed E-state index contributed by atoms with van der Waals surface area (Å²) in [5.74, 6) is 3.98. The Morgan fingerprint density at radius 2 is 1.30 bits per heavy atom. The molecule has 0 heterocycles. The minimum atomic E-state index is 0.645. The lowest BCUT2D eigenvalue weighted by molar-refractivity contribution is 0.259. The highest BCUT2D eigenvalue weighted by atomic mass is 14.4. The monoisotopic (exact) mass is 372 g/mol. The third-order valence-corrected chi connectivity index (χ3v) is 6.56. The molecule has 1 aromatic rings. The van der Waals surface area contributed by atoms with Gasteiger partial charge in [0.2, 0.25) is 0 Å². The molecule has 1 aromatic carbocycles. The van der Waals surface area contributed by atoms with Gasteiger partial charge < -0.3 is 0 Å². The Morgan fingerprint density at radius 3 is 1.78 bits per heavy atom. The lowest BCUT2D eigenvalue weighted by atomic mass is 9.74. The van der Waals surface area contributed by atoms with Gasteiger partial charge in [0, 0.05) is 0 Å². The van der Waals surface area contributed by atoms with Gasteiger partial charge >= 0.3 is 0 Å². The van der Waals surface area contributed by atoms with E-state index in [1.807, 2.05) is 0 Å². The number of hydrogen-bond acceptors (Lipinski definition) is 0. The molecule has 3 atom stereocenters. The van der Waals surface area contributed by atoms with Crippen molar-refractivity contribution >= 4 is 0 Å². The van der Waals surface area contributed by atoms with Crippen LogP contribution in [0.25, 0.3) is 0 Å². The summed E-state index contributed by atoms with van der Waals surface area (Å²) in [6, 6.07) is 9.17. The molecule has 0 heteroatoms. The molecule has 0 aliphatic heterocycles. The summed E-state index contributed by atoms with van der Waals surface area (Å²) in [5, 5.41) is 0. The van der Waals surface area contributed by atoms with E-state index in [-0.39, 0.29) is 0 Å². The van der Waals surface area contributed by atoms with E-state index in [9.17, 15) is 0 Å². The molecule has 0 radical (unpaired) electrons. The van der Waals surface area contributed by atoms with Crippen LogP contribution in [-0.4, -0.2) is 0 Å². The van der Waals surface area contributed by atoms with Crippen molar-refractivity contribution in [2.45, 2.75) is 118 Å². The van der Waals surface area contributed by atoms with E-state index in [1.54, 1.807) is 11.1 Å². The van der Waals surface area contributed by atoms with Gasteiger partial charge in [-0.05, 0) is 53.6 Å². The summed E-state index contributed by atoms with van der Waals surface area (Å²) >= 11 is 0. The largest absolute Gasteiger partial charge is 0.0656 e. The van der Waals surface area contributed by atoms with Crippen molar-refractivity contribution in [1.82, 2.24) is 0 Å². The van der Waals surface area contributed by atoms with Crippen molar-refractivity contribution in [3.05, 3.63) is 35.4 Å². The molecule has 0 saturated heterocycles. The summed E-state index contributed by atoms with van der Waals surface area (Å²) in [7, 11) is 0. The molecule has 2 aliphatic rings. The van der Waals surface area contributed by atoms with E-state index in [0.29, 0.717) is 5.92 Å². The van der Waals surface area contributed by atoms with E-state index in [1.165, 1.54) is 57.8 Å². The first kappa shape index (κ1) is 24.3. The summed E-state index contributed by atoms with van der Waals surface area (Å²) in [6.07, 6.45) is 13.0. The van der Waals surface area contributed by atoms with Gasteiger partial charge in [-0.1, -0.05) is 118 Å². The van der Waals surface area contributed by atoms with Crippen LogP contribution in [0.15, 0.2) is 24.3 Å². The van der Waals surface area contributed by atoms with Crippen LogP contribution < -0.4 is 0 Å². The zero-order chi connectivity index (χ0) is 20.2. The molecule has 0 spiro atoms. The molecular weight excluding hydrogens is 324 g/mol. The van der Waals surface area contributed by atoms with Crippen molar-refractivity contribution in [1.29, 1.82) is 0 Å². The molecule has 0 amide bonds. The summed E-state index contributed by atoms with van der Waals surface area (Å²) in [5.41, 5.74) is 3.22. The lowest BCUT2D eigenvalue weighted by Crippen LogP contribution is -2.20. The summed E-state index contributed by atoms with van der Waals surface area (Å²) < 4.78 is 0. The van der Waals surface area contributed by atoms with Crippen LogP contribution in [0.4, 0.5) is 0 Å². The average molecular weight is 373 g/mol. The van der Waals surface area contributed by atoms with Gasteiger partial charge in [0.15, 0.2) is 0 Å².